The van der Waals surface area contributed by atoms with Gasteiger partial charge in [-0.2, -0.15) is 10.2 Å². The largest absolute Gasteiger partial charge is 0.438 e. The fraction of sp³-hybridized carbons (Fsp3) is 0.0952. The van der Waals surface area contributed by atoms with Gasteiger partial charge in [0.15, 0.2) is 0 Å². The van der Waals surface area contributed by atoms with E-state index in [0.29, 0.717) is 5.75 Å². The van der Waals surface area contributed by atoms with E-state index in [9.17, 15) is 10.1 Å². The van der Waals surface area contributed by atoms with Crippen LogP contribution >= 0.6 is 0 Å². The Morgan fingerprint density at radius 3 is 2.44 bits per heavy atom. The van der Waals surface area contributed by atoms with Crippen LogP contribution in [0.25, 0.3) is 0 Å². The number of nitrogen functional groups attached to an aromatic ring is 1. The average molecular weight is 358 g/mol. The van der Waals surface area contributed by atoms with E-state index >= 15 is 0 Å². The van der Waals surface area contributed by atoms with Gasteiger partial charge in [-0.05, 0) is 29.7 Å². The molecule has 2 aromatic carbocycles. The summed E-state index contributed by atoms with van der Waals surface area (Å²) in [6.07, 6.45) is 0.813. The zero-order valence-electron chi connectivity index (χ0n) is 14.8. The molecule has 0 atom stereocenters. The van der Waals surface area contributed by atoms with Crippen LogP contribution in [0.5, 0.6) is 11.6 Å². The predicted molar refractivity (Wildman–Crippen MR) is 103 cm³/mol. The first-order chi connectivity index (χ1) is 13.0. The van der Waals surface area contributed by atoms with Crippen molar-refractivity contribution in [2.24, 2.45) is 0 Å². The monoisotopic (exact) mass is 358 g/mol. The van der Waals surface area contributed by atoms with E-state index in [1.54, 1.807) is 0 Å². The summed E-state index contributed by atoms with van der Waals surface area (Å²) >= 11 is 0. The number of ether oxygens (including phenoxy) is 1. The highest BCUT2D eigenvalue weighted by Gasteiger charge is 2.14. The summed E-state index contributed by atoms with van der Waals surface area (Å²) in [7, 11) is 0. The lowest BCUT2D eigenvalue weighted by molar-refractivity contribution is -0.114. The topological polar surface area (TPSA) is 101 Å². The van der Waals surface area contributed by atoms with Crippen LogP contribution in [0.15, 0.2) is 60.7 Å². The number of carbonyl (C=O) groups is 1. The second kappa shape index (κ2) is 8.02. The molecule has 6 nitrogen and oxygen atoms in total. The zero-order valence-corrected chi connectivity index (χ0v) is 14.8. The van der Waals surface area contributed by atoms with Gasteiger partial charge in [-0.15, -0.1) is 0 Å². The van der Waals surface area contributed by atoms with Crippen LogP contribution in [0.4, 0.5) is 11.5 Å². The van der Waals surface area contributed by atoms with Crippen molar-refractivity contribution in [3.63, 3.8) is 0 Å². The second-order valence-corrected chi connectivity index (χ2v) is 5.98. The fourth-order valence-corrected chi connectivity index (χ4v) is 2.59. The number of aromatic nitrogens is 1. The van der Waals surface area contributed by atoms with Crippen molar-refractivity contribution in [2.75, 3.05) is 11.1 Å². The number of rotatable bonds is 5. The van der Waals surface area contributed by atoms with E-state index in [0.717, 1.165) is 12.0 Å². The van der Waals surface area contributed by atoms with Crippen molar-refractivity contribution in [1.82, 2.24) is 4.98 Å². The minimum Gasteiger partial charge on any atom is -0.438 e. The van der Waals surface area contributed by atoms with Crippen LogP contribution in [0, 0.1) is 11.3 Å². The van der Waals surface area contributed by atoms with Crippen molar-refractivity contribution in [2.45, 2.75) is 13.3 Å². The highest BCUT2D eigenvalue weighted by Crippen LogP contribution is 2.29. The molecule has 0 fully saturated rings. The van der Waals surface area contributed by atoms with E-state index < -0.39 is 0 Å². The van der Waals surface area contributed by atoms with E-state index in [4.69, 9.17) is 10.5 Å². The Hall–Kier alpha value is -3.85. The van der Waals surface area contributed by atoms with Gasteiger partial charge in [-0.25, -0.2) is 0 Å². The van der Waals surface area contributed by atoms with E-state index in [2.05, 4.69) is 22.4 Å². The highest BCUT2D eigenvalue weighted by atomic mass is 16.5. The number of hydrogen-bond donors (Lipinski definition) is 2. The first-order valence-electron chi connectivity index (χ1n) is 8.34. The number of hydrogen-bond acceptors (Lipinski definition) is 5. The Balaban J connectivity index is 1.81. The van der Waals surface area contributed by atoms with Gasteiger partial charge in [0.1, 0.15) is 23.2 Å². The van der Waals surface area contributed by atoms with Gasteiger partial charge in [0.05, 0.1) is 5.69 Å². The molecule has 0 bridgehead atoms. The van der Waals surface area contributed by atoms with Gasteiger partial charge >= 0.3 is 0 Å². The predicted octanol–water partition coefficient (Wildman–Crippen LogP) is 3.88. The van der Waals surface area contributed by atoms with Gasteiger partial charge in [0.2, 0.25) is 11.8 Å². The summed E-state index contributed by atoms with van der Waals surface area (Å²) in [4.78, 5) is 15.4. The molecule has 3 aromatic rings. The molecule has 6 heteroatoms. The van der Waals surface area contributed by atoms with Crippen LogP contribution in [-0.2, 0) is 11.2 Å². The second-order valence-electron chi connectivity index (χ2n) is 5.98. The fourth-order valence-electron chi connectivity index (χ4n) is 2.59. The standard InChI is InChI=1S/C21H18N4O2/c1-14(26)24-20-12-19(23)18(13-22)21(25-20)27-17-9-7-16(8-10-17)11-15-5-3-2-4-6-15/h2-10,12H,11H2,1H3,(H3,23,24,25,26). The molecular formula is C21H18N4O2. The zero-order chi connectivity index (χ0) is 19.2. The maximum atomic E-state index is 11.2. The molecule has 0 radical (unpaired) electrons. The van der Waals surface area contributed by atoms with Crippen LogP contribution in [0.3, 0.4) is 0 Å². The number of pyridine rings is 1. The summed E-state index contributed by atoms with van der Waals surface area (Å²) in [6.45, 7) is 1.36. The minimum absolute atomic E-state index is 0.0528. The van der Waals surface area contributed by atoms with E-state index in [1.807, 2.05) is 48.5 Å². The van der Waals surface area contributed by atoms with Crippen molar-refractivity contribution < 1.29 is 9.53 Å². The van der Waals surface area contributed by atoms with E-state index in [-0.39, 0.29) is 28.9 Å². The molecule has 3 rings (SSSR count). The Kier molecular flexibility index (Phi) is 5.33. The Labute approximate surface area is 157 Å². The normalized spacial score (nSPS) is 10.1. The molecule has 0 unspecified atom stereocenters. The third-order valence-corrected chi connectivity index (χ3v) is 3.82. The number of carbonyl (C=O) groups excluding carboxylic acids is 1. The molecule has 27 heavy (non-hydrogen) atoms. The van der Waals surface area contributed by atoms with Crippen molar-refractivity contribution in [3.05, 3.63) is 77.4 Å². The molecule has 1 amide bonds. The Bertz CT molecular complexity index is 993. The molecule has 0 saturated carbocycles. The average Bonchev–Trinajstić information content (AvgIpc) is 2.63. The lowest BCUT2D eigenvalue weighted by atomic mass is 10.1. The third kappa shape index (κ3) is 4.61. The quantitative estimate of drug-likeness (QED) is 0.721. The van der Waals surface area contributed by atoms with Gasteiger partial charge in [0, 0.05) is 13.0 Å². The first kappa shape index (κ1) is 18.0. The molecule has 0 aliphatic heterocycles. The lowest BCUT2D eigenvalue weighted by Crippen LogP contribution is -2.09. The summed E-state index contributed by atoms with van der Waals surface area (Å²) in [5, 5.41) is 11.9. The number of benzene rings is 2. The smallest absolute Gasteiger partial charge is 0.241 e. The summed E-state index contributed by atoms with van der Waals surface area (Å²) < 4.78 is 5.74. The maximum Gasteiger partial charge on any atom is 0.241 e. The van der Waals surface area contributed by atoms with Gasteiger partial charge in [-0.1, -0.05) is 42.5 Å². The Morgan fingerprint density at radius 1 is 1.15 bits per heavy atom. The summed E-state index contributed by atoms with van der Waals surface area (Å²) in [6, 6.07) is 21.1. The van der Waals surface area contributed by atoms with Crippen molar-refractivity contribution in [3.8, 4) is 17.7 Å². The molecule has 0 saturated heterocycles. The SMILES string of the molecule is CC(=O)Nc1cc(N)c(C#N)c(Oc2ccc(Cc3ccccc3)cc2)n1. The molecular weight excluding hydrogens is 340 g/mol. The van der Waals surface area contributed by atoms with Gasteiger partial charge in [0.25, 0.3) is 0 Å². The number of amides is 1. The van der Waals surface area contributed by atoms with Crippen molar-refractivity contribution >= 4 is 17.4 Å². The maximum absolute atomic E-state index is 11.2. The molecule has 134 valence electrons. The van der Waals surface area contributed by atoms with Crippen LogP contribution in [0.2, 0.25) is 0 Å². The highest BCUT2D eigenvalue weighted by molar-refractivity contribution is 5.88. The van der Waals surface area contributed by atoms with E-state index in [1.165, 1.54) is 18.6 Å². The summed E-state index contributed by atoms with van der Waals surface area (Å²) in [5.74, 6) is 0.518. The lowest BCUT2D eigenvalue weighted by Gasteiger charge is -2.11. The van der Waals surface area contributed by atoms with Crippen molar-refractivity contribution in [1.29, 1.82) is 5.26 Å². The number of anilines is 2. The number of nitrogens with zero attached hydrogens (tertiary/aromatic N) is 2. The van der Waals surface area contributed by atoms with Gasteiger partial charge < -0.3 is 15.8 Å². The first-order valence-corrected chi connectivity index (χ1v) is 8.34. The van der Waals surface area contributed by atoms with Crippen LogP contribution in [-0.4, -0.2) is 10.9 Å². The van der Waals surface area contributed by atoms with Crippen LogP contribution < -0.4 is 15.8 Å². The minimum atomic E-state index is -0.289. The van der Waals surface area contributed by atoms with Gasteiger partial charge in [-0.3, -0.25) is 4.79 Å². The summed E-state index contributed by atoms with van der Waals surface area (Å²) in [5.41, 5.74) is 8.54. The molecule has 0 spiro atoms. The molecule has 1 heterocycles. The molecule has 1 aromatic heterocycles. The molecule has 0 aliphatic carbocycles. The number of nitriles is 1. The third-order valence-electron chi connectivity index (χ3n) is 3.82. The molecule has 0 aliphatic rings. The number of nitrogens with two attached hydrogens (primary N) is 1. The molecule has 3 N–H and O–H groups in total. The number of nitrogens with one attached hydrogen (secondary N) is 1. The van der Waals surface area contributed by atoms with Crippen LogP contribution in [0.1, 0.15) is 23.6 Å². The Morgan fingerprint density at radius 2 is 1.81 bits per heavy atom.